The van der Waals surface area contributed by atoms with Crippen LogP contribution in [0.5, 0.6) is 5.75 Å². The normalized spacial score (nSPS) is 13.3. The highest BCUT2D eigenvalue weighted by Crippen LogP contribution is 2.40. The summed E-state index contributed by atoms with van der Waals surface area (Å²) >= 11 is 0. The summed E-state index contributed by atoms with van der Waals surface area (Å²) in [6.07, 6.45) is 1.44. The van der Waals surface area contributed by atoms with E-state index in [1.165, 1.54) is 36.4 Å². The van der Waals surface area contributed by atoms with Crippen LogP contribution in [0.3, 0.4) is 0 Å². The summed E-state index contributed by atoms with van der Waals surface area (Å²) < 4.78 is 41.5. The molecule has 274 valence electrons. The number of esters is 2. The summed E-state index contributed by atoms with van der Waals surface area (Å²) in [5.41, 5.74) is -2.11. The highest BCUT2D eigenvalue weighted by molar-refractivity contribution is 7.96. The minimum absolute atomic E-state index is 0.0467. The number of hydrogen-bond donors (Lipinski definition) is 0. The van der Waals surface area contributed by atoms with E-state index in [1.807, 2.05) is 40.8 Å². The molecule has 0 radical (unpaired) electrons. The van der Waals surface area contributed by atoms with Crippen molar-refractivity contribution in [1.82, 2.24) is 0 Å². The predicted molar refractivity (Wildman–Crippen MR) is 193 cm³/mol. The third-order valence-electron chi connectivity index (χ3n) is 8.51. The summed E-state index contributed by atoms with van der Waals surface area (Å²) in [7, 11) is -6.36. The first kappa shape index (κ1) is 40.5. The lowest BCUT2D eigenvalue weighted by Gasteiger charge is -2.36. The van der Waals surface area contributed by atoms with Crippen LogP contribution in [0.15, 0.2) is 90.8 Å². The van der Waals surface area contributed by atoms with E-state index in [0.29, 0.717) is 0 Å². The Bertz CT molecular complexity index is 1950. The molecule has 0 N–H and O–H groups in total. The highest BCUT2D eigenvalue weighted by atomic mass is 32.2. The Labute approximate surface area is 298 Å². The van der Waals surface area contributed by atoms with Crippen molar-refractivity contribution >= 4 is 41.6 Å². The van der Waals surface area contributed by atoms with E-state index >= 15 is 0 Å². The number of carbonyl (C=O) groups is 3. The van der Waals surface area contributed by atoms with Crippen molar-refractivity contribution in [3.8, 4) is 5.75 Å². The molecule has 3 aromatic rings. The van der Waals surface area contributed by atoms with Gasteiger partial charge >= 0.3 is 11.9 Å². The summed E-state index contributed by atoms with van der Waals surface area (Å²) in [5.74, 6) is -3.12. The molecular formula is C36H44N2O11SSi. The van der Waals surface area contributed by atoms with Crippen LogP contribution in [0.1, 0.15) is 62.7 Å². The van der Waals surface area contributed by atoms with Gasteiger partial charge in [-0.2, -0.15) is 0 Å². The van der Waals surface area contributed by atoms with Crippen molar-refractivity contribution in [2.75, 3.05) is 13.2 Å². The summed E-state index contributed by atoms with van der Waals surface area (Å²) in [4.78, 5) is 64.7. The Morgan fingerprint density at radius 2 is 1.53 bits per heavy atom. The van der Waals surface area contributed by atoms with Crippen LogP contribution in [0.4, 0.5) is 5.69 Å². The van der Waals surface area contributed by atoms with Gasteiger partial charge in [0.2, 0.25) is 5.43 Å². The van der Waals surface area contributed by atoms with E-state index < -0.39 is 64.5 Å². The van der Waals surface area contributed by atoms with Crippen LogP contribution in [-0.2, 0) is 35.2 Å². The number of allylic oxidation sites excluding steroid dienone is 1. The monoisotopic (exact) mass is 740 g/mol. The molecule has 0 saturated heterocycles. The number of benzene rings is 2. The van der Waals surface area contributed by atoms with Gasteiger partial charge in [0.1, 0.15) is 15.5 Å². The van der Waals surface area contributed by atoms with E-state index in [1.54, 1.807) is 26.0 Å². The average Bonchev–Trinajstić information content (AvgIpc) is 3.05. The SMILES string of the molecule is CCOC(=O)C(C/C=C/S(=O)(=NC(=O)c1ccc([N+](=O)[O-])cc1)c1ccc(C)cc1)(Cc1occc(=O)c1O[Si](C)(C)C(C)(C)C)C(=O)OCC. The predicted octanol–water partition coefficient (Wildman–Crippen LogP) is 7.17. The molecule has 0 aliphatic carbocycles. The fourth-order valence-electron chi connectivity index (χ4n) is 4.54. The molecule has 13 nitrogen and oxygen atoms in total. The molecule has 0 fully saturated rings. The standard InChI is InChI=1S/C36H44N2O11SSi/c1-9-46-33(41)36(34(42)47-10-2,24-30-31(29(39)20-22-48-30)49-51(7,8)35(4,5)6)21-11-23-50(45,28-18-12-25(3)13-19-28)37-32(40)26-14-16-27(17-15-26)38(43)44/h11-20,22-23H,9-10,21,24H2,1-8H3/b23-11+. The lowest BCUT2D eigenvalue weighted by atomic mass is 9.79. The number of nitro benzene ring substituents is 1. The molecule has 1 aromatic heterocycles. The van der Waals surface area contributed by atoms with Gasteiger partial charge in [0.05, 0.1) is 29.3 Å². The fraction of sp³-hybridized carbons (Fsp3) is 0.389. The van der Waals surface area contributed by atoms with Crippen molar-refractivity contribution in [3.05, 3.63) is 110 Å². The van der Waals surface area contributed by atoms with Crippen molar-refractivity contribution in [1.29, 1.82) is 0 Å². The van der Waals surface area contributed by atoms with Crippen LogP contribution < -0.4 is 9.85 Å². The molecule has 0 spiro atoms. The molecule has 1 heterocycles. The van der Waals surface area contributed by atoms with E-state index in [0.717, 1.165) is 29.4 Å². The van der Waals surface area contributed by atoms with Crippen LogP contribution in [0.2, 0.25) is 18.1 Å². The Kier molecular flexibility index (Phi) is 13.0. The maximum atomic E-state index is 14.6. The fourth-order valence-corrected chi connectivity index (χ4v) is 7.13. The minimum atomic E-state index is -3.72. The number of aryl methyl sites for hydroxylation is 1. The largest absolute Gasteiger partial charge is 0.539 e. The maximum Gasteiger partial charge on any atom is 0.324 e. The van der Waals surface area contributed by atoms with Crippen LogP contribution in [-0.4, -0.2) is 48.5 Å². The quantitative estimate of drug-likeness (QED) is 0.0537. The van der Waals surface area contributed by atoms with E-state index in [2.05, 4.69) is 4.36 Å². The van der Waals surface area contributed by atoms with Gasteiger partial charge < -0.3 is 18.3 Å². The summed E-state index contributed by atoms with van der Waals surface area (Å²) in [6.45, 7) is 14.5. The number of ether oxygens (including phenoxy) is 2. The second kappa shape index (κ2) is 16.4. The van der Waals surface area contributed by atoms with Crippen molar-refractivity contribution in [2.24, 2.45) is 9.78 Å². The zero-order valence-corrected chi connectivity index (χ0v) is 31.9. The number of nitro groups is 1. The number of nitrogens with zero attached hydrogens (tertiary/aromatic N) is 2. The van der Waals surface area contributed by atoms with Crippen molar-refractivity contribution in [2.45, 2.75) is 77.4 Å². The van der Waals surface area contributed by atoms with Crippen LogP contribution in [0.25, 0.3) is 0 Å². The highest BCUT2D eigenvalue weighted by Gasteiger charge is 2.50. The smallest absolute Gasteiger partial charge is 0.324 e. The second-order valence-corrected chi connectivity index (χ2v) is 20.0. The first-order valence-electron chi connectivity index (χ1n) is 16.2. The molecule has 1 amide bonds. The van der Waals surface area contributed by atoms with Gasteiger partial charge in [-0.25, -0.2) is 4.21 Å². The molecule has 0 saturated carbocycles. The third kappa shape index (κ3) is 9.67. The molecule has 15 heteroatoms. The number of rotatable bonds is 14. The summed E-state index contributed by atoms with van der Waals surface area (Å²) in [5, 5.41) is 11.9. The van der Waals surface area contributed by atoms with E-state index in [-0.39, 0.29) is 45.9 Å². The molecule has 0 aliphatic heterocycles. The Morgan fingerprint density at radius 3 is 2.04 bits per heavy atom. The van der Waals surface area contributed by atoms with Crippen LogP contribution >= 0.6 is 0 Å². The van der Waals surface area contributed by atoms with Gasteiger partial charge in [-0.1, -0.05) is 44.5 Å². The molecule has 1 unspecified atom stereocenters. The first-order valence-corrected chi connectivity index (χ1v) is 20.7. The molecule has 51 heavy (non-hydrogen) atoms. The first-order chi connectivity index (χ1) is 23.8. The third-order valence-corrected chi connectivity index (χ3v) is 14.8. The molecule has 2 aromatic carbocycles. The number of non-ortho nitro benzene ring substituents is 1. The molecular weight excluding hydrogens is 697 g/mol. The lowest BCUT2D eigenvalue weighted by Crippen LogP contribution is -2.46. The van der Waals surface area contributed by atoms with Gasteiger partial charge in [-0.3, -0.25) is 29.3 Å². The van der Waals surface area contributed by atoms with Crippen LogP contribution in [0, 0.1) is 22.5 Å². The zero-order valence-electron chi connectivity index (χ0n) is 30.1. The Hall–Kier alpha value is -4.89. The van der Waals surface area contributed by atoms with Gasteiger partial charge in [0.15, 0.2) is 11.2 Å². The Morgan fingerprint density at radius 1 is 0.961 bits per heavy atom. The Balaban J connectivity index is 2.21. The van der Waals surface area contributed by atoms with Crippen molar-refractivity contribution in [3.63, 3.8) is 0 Å². The van der Waals surface area contributed by atoms with Gasteiger partial charge in [-0.05, 0) is 69.6 Å². The molecule has 0 aliphatic rings. The second-order valence-electron chi connectivity index (χ2n) is 13.3. The van der Waals surface area contributed by atoms with Gasteiger partial charge in [-0.15, -0.1) is 4.36 Å². The number of hydrogen-bond acceptors (Lipinski definition) is 11. The molecule has 3 rings (SSSR count). The van der Waals surface area contributed by atoms with E-state index in [9.17, 15) is 33.5 Å². The average molecular weight is 741 g/mol. The minimum Gasteiger partial charge on any atom is -0.539 e. The number of amides is 1. The number of carbonyl (C=O) groups excluding carboxylic acids is 3. The van der Waals surface area contributed by atoms with Crippen molar-refractivity contribution < 1.29 is 41.8 Å². The topological polar surface area (TPSA) is 182 Å². The molecule has 1 atom stereocenters. The maximum absolute atomic E-state index is 14.6. The zero-order chi connectivity index (χ0) is 38.2. The van der Waals surface area contributed by atoms with Gasteiger partial charge in [0.25, 0.3) is 19.9 Å². The van der Waals surface area contributed by atoms with E-state index in [4.69, 9.17) is 18.3 Å². The molecule has 0 bridgehead atoms. The van der Waals surface area contributed by atoms with Gasteiger partial charge in [0, 0.05) is 35.6 Å². The summed E-state index contributed by atoms with van der Waals surface area (Å²) in [6, 6.07) is 12.3. The lowest BCUT2D eigenvalue weighted by molar-refractivity contribution is -0.384.